The second-order valence-corrected chi connectivity index (χ2v) is 4.88. The highest BCUT2D eigenvalue weighted by Crippen LogP contribution is 2.29. The number of phenols is 1. The Kier molecular flexibility index (Phi) is 5.28. The van der Waals surface area contributed by atoms with Gasteiger partial charge in [0, 0.05) is 12.1 Å². The summed E-state index contributed by atoms with van der Waals surface area (Å²) in [4.78, 5) is 0. The van der Waals surface area contributed by atoms with Gasteiger partial charge in [-0.1, -0.05) is 23.8 Å². The molecule has 0 aliphatic heterocycles. The minimum Gasteiger partial charge on any atom is -0.504 e. The maximum Gasteiger partial charge on any atom is 0.162 e. The fraction of sp³-hybridized carbons (Fsp3) is 0.500. The van der Waals surface area contributed by atoms with E-state index in [1.54, 1.807) is 11.6 Å². The molecule has 1 aliphatic carbocycles. The first kappa shape index (κ1) is 13.9. The van der Waals surface area contributed by atoms with Gasteiger partial charge >= 0.3 is 0 Å². The Morgan fingerprint density at radius 3 is 3.00 bits per heavy atom. The van der Waals surface area contributed by atoms with Gasteiger partial charge in [0.1, 0.15) is 0 Å². The van der Waals surface area contributed by atoms with Crippen molar-refractivity contribution < 1.29 is 9.84 Å². The Morgan fingerprint density at radius 1 is 1.37 bits per heavy atom. The zero-order valence-electron chi connectivity index (χ0n) is 11.6. The molecule has 0 saturated heterocycles. The molecular weight excluding hydrogens is 238 g/mol. The molecule has 1 aliphatic rings. The summed E-state index contributed by atoms with van der Waals surface area (Å²) < 4.78 is 5.38. The van der Waals surface area contributed by atoms with Crippen molar-refractivity contribution in [2.24, 2.45) is 0 Å². The Hall–Kier alpha value is -1.48. The van der Waals surface area contributed by atoms with Crippen LogP contribution in [0.3, 0.4) is 0 Å². The fourth-order valence-electron chi connectivity index (χ4n) is 2.42. The molecule has 0 bridgehead atoms. The van der Waals surface area contributed by atoms with Crippen LogP contribution in [0.4, 0.5) is 0 Å². The number of rotatable bonds is 7. The van der Waals surface area contributed by atoms with Gasteiger partial charge in [-0.15, -0.1) is 0 Å². The van der Waals surface area contributed by atoms with Crippen LogP contribution in [-0.4, -0.2) is 18.3 Å². The van der Waals surface area contributed by atoms with E-state index in [0.717, 1.165) is 18.5 Å². The molecule has 0 unspecified atom stereocenters. The Morgan fingerprint density at radius 2 is 2.26 bits per heavy atom. The normalized spacial score (nSPS) is 14.5. The first-order valence-electron chi connectivity index (χ1n) is 7.13. The largest absolute Gasteiger partial charge is 0.504 e. The minimum atomic E-state index is 0.261. The molecule has 0 heterocycles. The van der Waals surface area contributed by atoms with E-state index in [2.05, 4.69) is 11.4 Å². The van der Waals surface area contributed by atoms with Crippen LogP contribution in [0.2, 0.25) is 0 Å². The summed E-state index contributed by atoms with van der Waals surface area (Å²) in [7, 11) is 0. The van der Waals surface area contributed by atoms with Gasteiger partial charge in [-0.25, -0.2) is 0 Å². The van der Waals surface area contributed by atoms with Crippen molar-refractivity contribution in [2.45, 2.75) is 39.2 Å². The van der Waals surface area contributed by atoms with Crippen molar-refractivity contribution in [2.75, 3.05) is 13.2 Å². The third-order valence-corrected chi connectivity index (χ3v) is 3.46. The lowest BCUT2D eigenvalue weighted by Gasteiger charge is -2.11. The Labute approximate surface area is 115 Å². The molecule has 0 fully saturated rings. The number of phenolic OH excluding ortho intramolecular Hbond substituents is 1. The second kappa shape index (κ2) is 7.19. The number of benzene rings is 1. The van der Waals surface area contributed by atoms with Crippen LogP contribution >= 0.6 is 0 Å². The lowest BCUT2D eigenvalue weighted by Crippen LogP contribution is -2.15. The quantitative estimate of drug-likeness (QED) is 0.584. The number of ether oxygens (including phenoxy) is 1. The Bertz CT molecular complexity index is 440. The molecule has 3 heteroatoms. The van der Waals surface area contributed by atoms with Crippen molar-refractivity contribution in [1.29, 1.82) is 0 Å². The van der Waals surface area contributed by atoms with Crippen LogP contribution in [0, 0.1) is 0 Å². The van der Waals surface area contributed by atoms with Gasteiger partial charge in [-0.2, -0.15) is 0 Å². The van der Waals surface area contributed by atoms with Crippen molar-refractivity contribution in [3.8, 4) is 11.5 Å². The summed E-state index contributed by atoms with van der Waals surface area (Å²) in [6.07, 6.45) is 7.28. The zero-order chi connectivity index (χ0) is 13.5. The maximum absolute atomic E-state index is 10.1. The smallest absolute Gasteiger partial charge is 0.162 e. The Balaban J connectivity index is 1.80. The molecule has 0 amide bonds. The average Bonchev–Trinajstić information content (AvgIpc) is 2.92. The van der Waals surface area contributed by atoms with E-state index in [1.165, 1.54) is 19.3 Å². The molecule has 2 N–H and O–H groups in total. The highest BCUT2D eigenvalue weighted by molar-refractivity contribution is 5.45. The summed E-state index contributed by atoms with van der Waals surface area (Å²) in [5.74, 6) is 0.831. The van der Waals surface area contributed by atoms with Gasteiger partial charge in [0.2, 0.25) is 0 Å². The molecule has 19 heavy (non-hydrogen) atoms. The van der Waals surface area contributed by atoms with Gasteiger partial charge in [-0.05, 0) is 45.2 Å². The summed E-state index contributed by atoms with van der Waals surface area (Å²) in [5.41, 5.74) is 2.46. The molecule has 1 aromatic rings. The standard InChI is InChI=1S/C16H23NO2/c1-2-19-15-9-5-8-14(16(15)18)12-17-11-10-13-6-3-4-7-13/h5-6,8-9,17-18H,2-4,7,10-12H2,1H3. The first-order chi connectivity index (χ1) is 9.31. The van der Waals surface area contributed by atoms with Crippen LogP contribution < -0.4 is 10.1 Å². The highest BCUT2D eigenvalue weighted by atomic mass is 16.5. The predicted octanol–water partition coefficient (Wildman–Crippen LogP) is 3.38. The molecule has 104 valence electrons. The van der Waals surface area contributed by atoms with E-state index in [4.69, 9.17) is 4.74 Å². The van der Waals surface area contributed by atoms with E-state index >= 15 is 0 Å². The molecule has 0 radical (unpaired) electrons. The number of hydrogen-bond acceptors (Lipinski definition) is 3. The van der Waals surface area contributed by atoms with Crippen molar-refractivity contribution in [1.82, 2.24) is 5.32 Å². The summed E-state index contributed by atoms with van der Waals surface area (Å²) in [6, 6.07) is 5.65. The minimum absolute atomic E-state index is 0.261. The van der Waals surface area contributed by atoms with E-state index < -0.39 is 0 Å². The molecular formula is C16H23NO2. The molecule has 2 rings (SSSR count). The van der Waals surface area contributed by atoms with Crippen LogP contribution in [0.25, 0.3) is 0 Å². The zero-order valence-corrected chi connectivity index (χ0v) is 11.6. The van der Waals surface area contributed by atoms with Gasteiger partial charge in [0.15, 0.2) is 11.5 Å². The third-order valence-electron chi connectivity index (χ3n) is 3.46. The van der Waals surface area contributed by atoms with Gasteiger partial charge < -0.3 is 15.2 Å². The average molecular weight is 261 g/mol. The van der Waals surface area contributed by atoms with Gasteiger partial charge in [-0.3, -0.25) is 0 Å². The van der Waals surface area contributed by atoms with Crippen molar-refractivity contribution in [3.05, 3.63) is 35.4 Å². The number of aromatic hydroxyl groups is 1. The monoisotopic (exact) mass is 261 g/mol. The van der Waals surface area contributed by atoms with Crippen LogP contribution in [0.5, 0.6) is 11.5 Å². The third kappa shape index (κ3) is 4.00. The van der Waals surface area contributed by atoms with Crippen molar-refractivity contribution in [3.63, 3.8) is 0 Å². The van der Waals surface area contributed by atoms with Crippen molar-refractivity contribution >= 4 is 0 Å². The summed E-state index contributed by atoms with van der Waals surface area (Å²) in [6.45, 7) is 4.13. The van der Waals surface area contributed by atoms with E-state index in [1.807, 2.05) is 19.1 Å². The topological polar surface area (TPSA) is 41.5 Å². The second-order valence-electron chi connectivity index (χ2n) is 4.88. The van der Waals surface area contributed by atoms with Crippen LogP contribution in [-0.2, 0) is 6.54 Å². The maximum atomic E-state index is 10.1. The number of allylic oxidation sites excluding steroid dienone is 1. The summed E-state index contributed by atoms with van der Waals surface area (Å²) >= 11 is 0. The molecule has 0 spiro atoms. The molecule has 0 atom stereocenters. The van der Waals surface area contributed by atoms with E-state index in [9.17, 15) is 5.11 Å². The first-order valence-corrected chi connectivity index (χ1v) is 7.13. The number of para-hydroxylation sites is 1. The SMILES string of the molecule is CCOc1cccc(CNCCC2=CCCC2)c1O. The summed E-state index contributed by atoms with van der Waals surface area (Å²) in [5, 5.41) is 13.4. The number of nitrogens with one attached hydrogen (secondary N) is 1. The highest BCUT2D eigenvalue weighted by Gasteiger charge is 2.08. The molecule has 3 nitrogen and oxygen atoms in total. The predicted molar refractivity (Wildman–Crippen MR) is 77.5 cm³/mol. The fourth-order valence-corrected chi connectivity index (χ4v) is 2.42. The van der Waals surface area contributed by atoms with E-state index in [0.29, 0.717) is 18.9 Å². The van der Waals surface area contributed by atoms with Gasteiger partial charge in [0.05, 0.1) is 6.61 Å². The lowest BCUT2D eigenvalue weighted by molar-refractivity contribution is 0.316. The van der Waals surface area contributed by atoms with Gasteiger partial charge in [0.25, 0.3) is 0 Å². The molecule has 0 saturated carbocycles. The van der Waals surface area contributed by atoms with E-state index in [-0.39, 0.29) is 5.75 Å². The molecule has 0 aromatic heterocycles. The molecule has 1 aromatic carbocycles. The lowest BCUT2D eigenvalue weighted by atomic mass is 10.1. The number of hydrogen-bond donors (Lipinski definition) is 2. The van der Waals surface area contributed by atoms with Crippen LogP contribution in [0.15, 0.2) is 29.8 Å². The van der Waals surface area contributed by atoms with Crippen LogP contribution in [0.1, 0.15) is 38.2 Å².